The Bertz CT molecular complexity index is 1440. The summed E-state index contributed by atoms with van der Waals surface area (Å²) in [6.07, 6.45) is 5.51. The van der Waals surface area contributed by atoms with E-state index in [-0.39, 0.29) is 5.91 Å². The molecule has 1 aromatic heterocycles. The Labute approximate surface area is 239 Å². The van der Waals surface area contributed by atoms with Crippen LogP contribution in [0.4, 0.5) is 0 Å². The van der Waals surface area contributed by atoms with E-state index in [0.717, 1.165) is 53.5 Å². The molecular formula is C34H32N4O3. The first-order chi connectivity index (χ1) is 20.2. The fourth-order valence-corrected chi connectivity index (χ4v) is 4.89. The number of hydrogen-bond acceptors (Lipinski definition) is 5. The van der Waals surface area contributed by atoms with Crippen LogP contribution in [-0.2, 0) is 21.8 Å². The molecule has 0 radical (unpaired) electrons. The second-order valence-corrected chi connectivity index (χ2v) is 9.82. The van der Waals surface area contributed by atoms with Crippen LogP contribution in [0.5, 0.6) is 0 Å². The van der Waals surface area contributed by atoms with Crippen LogP contribution in [0.2, 0.25) is 0 Å². The number of aryl methyl sites for hydroxylation is 1. The molecule has 0 saturated carbocycles. The number of rotatable bonds is 13. The summed E-state index contributed by atoms with van der Waals surface area (Å²) >= 11 is 0. The van der Waals surface area contributed by atoms with E-state index >= 15 is 0 Å². The van der Waals surface area contributed by atoms with Crippen molar-refractivity contribution in [2.45, 2.75) is 37.8 Å². The lowest BCUT2D eigenvalue weighted by Gasteiger charge is -2.35. The van der Waals surface area contributed by atoms with Crippen LogP contribution in [0.15, 0.2) is 121 Å². The highest BCUT2D eigenvalue weighted by Gasteiger charge is 2.39. The molecule has 1 heterocycles. The summed E-state index contributed by atoms with van der Waals surface area (Å²) < 4.78 is 1.81. The monoisotopic (exact) mass is 544 g/mol. The van der Waals surface area contributed by atoms with Gasteiger partial charge in [-0.1, -0.05) is 127 Å². The van der Waals surface area contributed by atoms with Crippen LogP contribution in [-0.4, -0.2) is 27.2 Å². The third kappa shape index (κ3) is 6.65. The maximum absolute atomic E-state index is 12.9. The number of nitrogens with zero attached hydrogens (tertiary/aromatic N) is 3. The molecule has 5 aromatic rings. The largest absolute Gasteiger partial charge is 0.298 e. The van der Waals surface area contributed by atoms with Crippen molar-refractivity contribution < 1.29 is 14.4 Å². The Morgan fingerprint density at radius 1 is 0.756 bits per heavy atom. The fourth-order valence-electron chi connectivity index (χ4n) is 4.89. The third-order valence-electron chi connectivity index (χ3n) is 7.03. The van der Waals surface area contributed by atoms with Crippen LogP contribution in [0, 0.1) is 0 Å². The first kappa shape index (κ1) is 27.7. The Hall–Kier alpha value is -4.88. The summed E-state index contributed by atoms with van der Waals surface area (Å²) in [5.74, 6) is -0.168. The summed E-state index contributed by atoms with van der Waals surface area (Å²) in [6.45, 7) is 0.705. The molecule has 1 N–H and O–H groups in total. The lowest BCUT2D eigenvalue weighted by atomic mass is 9.80. The average Bonchev–Trinajstić information content (AvgIpc) is 3.52. The van der Waals surface area contributed by atoms with Crippen LogP contribution < -0.4 is 5.48 Å². The van der Waals surface area contributed by atoms with Crippen molar-refractivity contribution in [1.29, 1.82) is 0 Å². The zero-order valence-electron chi connectivity index (χ0n) is 22.7. The van der Waals surface area contributed by atoms with Crippen molar-refractivity contribution in [1.82, 2.24) is 20.5 Å². The molecule has 7 heteroatoms. The van der Waals surface area contributed by atoms with Gasteiger partial charge in [-0.25, -0.2) is 5.48 Å². The van der Waals surface area contributed by atoms with Crippen LogP contribution in [0.1, 0.15) is 52.7 Å². The molecule has 0 aliphatic heterocycles. The smallest absolute Gasteiger partial charge is 0.243 e. The van der Waals surface area contributed by atoms with Gasteiger partial charge in [0, 0.05) is 24.1 Å². The highest BCUT2D eigenvalue weighted by atomic mass is 16.7. The molecule has 0 spiro atoms. The number of hydrogen-bond donors (Lipinski definition) is 1. The molecule has 0 atom stereocenters. The standard InChI is InChI=1S/C34H32N4O3/c39-26-27-20-22-28(23-21-27)32-25-38(37-35-32)24-12-4-11-19-33(40)36-41-34(29-13-5-1-6-14-29,30-15-7-2-8-16-30)31-17-9-3-10-18-31/h1-3,5-10,13-18,20-23,25-26H,4,11-12,19,24H2,(H,36,40). The minimum atomic E-state index is -1.00. The summed E-state index contributed by atoms with van der Waals surface area (Å²) in [5, 5.41) is 8.44. The molecule has 4 aromatic carbocycles. The van der Waals surface area contributed by atoms with E-state index in [2.05, 4.69) is 15.8 Å². The summed E-state index contributed by atoms with van der Waals surface area (Å²) in [6, 6.07) is 37.1. The van der Waals surface area contributed by atoms with Crippen molar-refractivity contribution in [3.05, 3.63) is 144 Å². The van der Waals surface area contributed by atoms with Crippen molar-refractivity contribution in [2.24, 2.45) is 0 Å². The van der Waals surface area contributed by atoms with Crippen LogP contribution >= 0.6 is 0 Å². The quantitative estimate of drug-likeness (QED) is 0.0807. The van der Waals surface area contributed by atoms with Gasteiger partial charge in [-0.05, 0) is 29.5 Å². The Balaban J connectivity index is 1.18. The van der Waals surface area contributed by atoms with E-state index < -0.39 is 5.60 Å². The van der Waals surface area contributed by atoms with Crippen molar-refractivity contribution in [3.63, 3.8) is 0 Å². The molecule has 7 nitrogen and oxygen atoms in total. The van der Waals surface area contributed by atoms with Gasteiger partial charge in [-0.2, -0.15) is 0 Å². The van der Waals surface area contributed by atoms with Crippen molar-refractivity contribution in [3.8, 4) is 11.3 Å². The Kier molecular flexibility index (Phi) is 9.08. The Morgan fingerprint density at radius 2 is 1.32 bits per heavy atom. The Morgan fingerprint density at radius 3 is 1.85 bits per heavy atom. The fraction of sp³-hybridized carbons (Fsp3) is 0.176. The lowest BCUT2D eigenvalue weighted by molar-refractivity contribution is -0.143. The predicted molar refractivity (Wildman–Crippen MR) is 158 cm³/mol. The average molecular weight is 545 g/mol. The highest BCUT2D eigenvalue weighted by Crippen LogP contribution is 2.39. The predicted octanol–water partition coefficient (Wildman–Crippen LogP) is 6.36. The van der Waals surface area contributed by atoms with Gasteiger partial charge in [0.25, 0.3) is 0 Å². The molecule has 0 aliphatic rings. The van der Waals surface area contributed by atoms with E-state index in [1.807, 2.05) is 109 Å². The number of amides is 1. The molecule has 5 rings (SSSR count). The SMILES string of the molecule is O=Cc1ccc(-c2cn(CCCCCC(=O)NOC(c3ccccc3)(c3ccccc3)c3ccccc3)nn2)cc1. The molecule has 206 valence electrons. The molecule has 0 aliphatic carbocycles. The van der Waals surface area contributed by atoms with Gasteiger partial charge >= 0.3 is 0 Å². The van der Waals surface area contributed by atoms with Gasteiger partial charge in [-0.15, -0.1) is 5.10 Å². The summed E-state index contributed by atoms with van der Waals surface area (Å²) in [7, 11) is 0. The van der Waals surface area contributed by atoms with E-state index in [9.17, 15) is 9.59 Å². The first-order valence-electron chi connectivity index (χ1n) is 13.8. The minimum absolute atomic E-state index is 0.168. The van der Waals surface area contributed by atoms with Gasteiger partial charge in [-0.3, -0.25) is 19.1 Å². The molecular weight excluding hydrogens is 512 g/mol. The molecule has 0 unspecified atom stereocenters. The number of hydroxylamine groups is 1. The number of unbranched alkanes of at least 4 members (excludes halogenated alkanes) is 2. The van der Waals surface area contributed by atoms with Gasteiger partial charge < -0.3 is 0 Å². The maximum Gasteiger partial charge on any atom is 0.243 e. The van der Waals surface area contributed by atoms with Gasteiger partial charge in [0.05, 0.1) is 6.20 Å². The highest BCUT2D eigenvalue weighted by molar-refractivity contribution is 5.76. The van der Waals surface area contributed by atoms with Crippen LogP contribution in [0.25, 0.3) is 11.3 Å². The summed E-state index contributed by atoms with van der Waals surface area (Å²) in [4.78, 5) is 30.2. The third-order valence-corrected chi connectivity index (χ3v) is 7.03. The van der Waals surface area contributed by atoms with Crippen molar-refractivity contribution in [2.75, 3.05) is 0 Å². The molecule has 41 heavy (non-hydrogen) atoms. The normalized spacial score (nSPS) is 11.2. The zero-order valence-corrected chi connectivity index (χ0v) is 22.7. The van der Waals surface area contributed by atoms with E-state index in [0.29, 0.717) is 18.5 Å². The van der Waals surface area contributed by atoms with Gasteiger partial charge in [0.1, 0.15) is 12.0 Å². The lowest BCUT2D eigenvalue weighted by Crippen LogP contribution is -2.40. The molecule has 0 bridgehead atoms. The van der Waals surface area contributed by atoms with E-state index in [1.54, 1.807) is 16.8 Å². The first-order valence-corrected chi connectivity index (χ1v) is 13.8. The van der Waals surface area contributed by atoms with Crippen molar-refractivity contribution >= 4 is 12.2 Å². The molecule has 1 amide bonds. The molecule has 0 saturated heterocycles. The second kappa shape index (κ2) is 13.5. The topological polar surface area (TPSA) is 86.1 Å². The minimum Gasteiger partial charge on any atom is -0.298 e. The molecule has 0 fully saturated rings. The number of aromatic nitrogens is 3. The zero-order chi connectivity index (χ0) is 28.3. The van der Waals surface area contributed by atoms with Crippen LogP contribution in [0.3, 0.4) is 0 Å². The number of carbonyl (C=O) groups excluding carboxylic acids is 2. The van der Waals surface area contributed by atoms with Gasteiger partial charge in [0.15, 0.2) is 5.60 Å². The second-order valence-electron chi connectivity index (χ2n) is 9.82. The number of nitrogens with one attached hydrogen (secondary N) is 1. The van der Waals surface area contributed by atoms with Gasteiger partial charge in [0.2, 0.25) is 5.91 Å². The number of aldehydes is 1. The number of carbonyl (C=O) groups is 2. The van der Waals surface area contributed by atoms with E-state index in [1.165, 1.54) is 0 Å². The maximum atomic E-state index is 12.9. The number of benzene rings is 4. The summed E-state index contributed by atoms with van der Waals surface area (Å²) in [5.41, 5.74) is 6.83. The van der Waals surface area contributed by atoms with E-state index in [4.69, 9.17) is 4.84 Å².